The minimum atomic E-state index is -4.74. The number of nitrogens with zero attached hydrogens (tertiary/aromatic N) is 9. The molecule has 3 N–H and O–H groups in total. The number of piperidine rings is 1. The van der Waals surface area contributed by atoms with Gasteiger partial charge in [-0.05, 0) is 124 Å². The number of aryl methyl sites for hydroxylation is 1. The molecule has 4 aliphatic heterocycles. The van der Waals surface area contributed by atoms with Gasteiger partial charge >= 0.3 is 6.18 Å². The molecule has 0 radical (unpaired) electrons. The number of benzene rings is 1. The number of halogens is 4. The van der Waals surface area contributed by atoms with Gasteiger partial charge in [0.25, 0.3) is 0 Å². The fourth-order valence-electron chi connectivity index (χ4n) is 15.0. The SMILES string of the molecule is CC[C@H](C)[C@@H]1NC(=O)[C@H](CC(C)C)N(C)C(=O)C[C@@H](C(=O)N2CCCCC2)N(C)C(=O)[C@H](C(C)C)N(C)C(=O)CCCCNC(=O)[C@@H]2CCCN2C(=O)[C@H](CCc2ccc(C(F)(F)F)c(Cl)c2)NC(=O)CN(C)C(=O)[C@H](CC2CCCCC2)N(C)C(=O)[C@@H]2CCN2C(=O)[C@H](C(C)C)N(C)C1=O. The second-order valence-corrected chi connectivity index (χ2v) is 30.5. The Bertz CT molecular complexity index is 3110. The highest BCUT2D eigenvalue weighted by atomic mass is 35.5. The Morgan fingerprint density at radius 3 is 1.80 bits per heavy atom. The van der Waals surface area contributed by atoms with Crippen LogP contribution in [0.25, 0.3) is 0 Å². The Kier molecular flexibility index (Phi) is 30.7. The quantitative estimate of drug-likeness (QED) is 0.202. The summed E-state index contributed by atoms with van der Waals surface area (Å²) in [7, 11) is 8.76. The lowest BCUT2D eigenvalue weighted by Gasteiger charge is -2.46. The molecule has 28 heteroatoms. The molecular formula is C73H114ClF3N12O12. The van der Waals surface area contributed by atoms with Gasteiger partial charge in [-0.15, -0.1) is 0 Å². The first-order valence-electron chi connectivity index (χ1n) is 36.7. The van der Waals surface area contributed by atoms with E-state index in [-0.39, 0.29) is 82.8 Å². The first kappa shape index (κ1) is 82.9. The molecule has 101 heavy (non-hydrogen) atoms. The maximum absolute atomic E-state index is 15.2. The molecule has 1 saturated carbocycles. The first-order chi connectivity index (χ1) is 47.5. The first-order valence-corrected chi connectivity index (χ1v) is 37.1. The molecule has 0 unspecified atom stereocenters. The van der Waals surface area contributed by atoms with Crippen LogP contribution >= 0.6 is 11.6 Å². The van der Waals surface area contributed by atoms with Crippen molar-refractivity contribution in [3.63, 3.8) is 0 Å². The van der Waals surface area contributed by atoms with Crippen molar-refractivity contribution in [3.8, 4) is 0 Å². The largest absolute Gasteiger partial charge is 0.417 e. The minimum Gasteiger partial charge on any atom is -0.354 e. The number of alkyl halides is 3. The lowest BCUT2D eigenvalue weighted by molar-refractivity contribution is -0.162. The molecule has 0 spiro atoms. The molecule has 5 aliphatic rings. The van der Waals surface area contributed by atoms with Crippen molar-refractivity contribution in [1.29, 1.82) is 0 Å². The molecule has 1 aromatic rings. The molecule has 4 heterocycles. The standard InChI is InChI=1S/C73H114ClF3N12O12/c1-15-47(8)61-70(99)86(14)63(46(6)7)72(101)89-38-33-54(89)68(97)83(11)56(41-48-25-18-16-19-26-48)67(96)81(9)43-58(90)79-52(32-30-49-29-31-50(51(74)40-49)73(75,76)77)66(95)88-37-24-27-53(88)64(93)78-34-21-20-28-59(91)85(13)62(45(4)5)71(100)84(12)57(69(98)87-35-22-17-23-36-87)42-60(92)82(10)55(39-44(2)3)65(94)80-61/h29,31,40,44-48,52-57,61-63H,15-28,30,32-39,41-43H2,1-14H3,(H,78,93)(H,79,90)(H,80,94)/t47-,52-,53-,54-,55-,56-,57-,61-,62-,63-/m0/s1. The highest BCUT2D eigenvalue weighted by Crippen LogP contribution is 2.36. The van der Waals surface area contributed by atoms with Crippen molar-refractivity contribution in [2.24, 2.45) is 29.6 Å². The minimum absolute atomic E-state index is 0.0286. The number of likely N-dealkylation sites (tertiary alicyclic amines) is 1. The van der Waals surface area contributed by atoms with Crippen molar-refractivity contribution in [3.05, 3.63) is 34.3 Å². The van der Waals surface area contributed by atoms with Crippen LogP contribution in [-0.2, 0) is 70.1 Å². The van der Waals surface area contributed by atoms with Gasteiger partial charge in [-0.25, -0.2) is 0 Å². The zero-order valence-corrected chi connectivity index (χ0v) is 62.9. The van der Waals surface area contributed by atoms with Crippen molar-refractivity contribution >= 4 is 82.5 Å². The summed E-state index contributed by atoms with van der Waals surface area (Å²) < 4.78 is 41.3. The number of nitrogens with one attached hydrogen (secondary N) is 3. The second-order valence-electron chi connectivity index (χ2n) is 30.1. The van der Waals surface area contributed by atoms with Crippen LogP contribution in [0.4, 0.5) is 13.2 Å². The Labute approximate surface area is 600 Å². The third-order valence-electron chi connectivity index (χ3n) is 21.5. The molecule has 566 valence electrons. The second kappa shape index (κ2) is 37.4. The van der Waals surface area contributed by atoms with E-state index in [0.717, 1.165) is 50.7 Å². The lowest BCUT2D eigenvalue weighted by atomic mass is 9.84. The van der Waals surface area contributed by atoms with Crippen molar-refractivity contribution < 1.29 is 70.7 Å². The summed E-state index contributed by atoms with van der Waals surface area (Å²) in [5.41, 5.74) is -0.729. The summed E-state index contributed by atoms with van der Waals surface area (Å²) >= 11 is 6.12. The van der Waals surface area contributed by atoms with Crippen LogP contribution in [0.15, 0.2) is 18.2 Å². The molecule has 6 rings (SSSR count). The smallest absolute Gasteiger partial charge is 0.354 e. The van der Waals surface area contributed by atoms with E-state index in [9.17, 15) is 56.3 Å². The Morgan fingerprint density at radius 2 is 1.22 bits per heavy atom. The van der Waals surface area contributed by atoms with E-state index in [1.807, 2.05) is 20.8 Å². The van der Waals surface area contributed by atoms with Gasteiger partial charge in [0.2, 0.25) is 70.9 Å². The lowest BCUT2D eigenvalue weighted by Crippen LogP contribution is -2.66. The zero-order valence-electron chi connectivity index (χ0n) is 62.1. The number of rotatable bonds is 12. The van der Waals surface area contributed by atoms with Crippen LogP contribution in [0.2, 0.25) is 5.02 Å². The number of carbonyl (C=O) groups excluding carboxylic acids is 12. The van der Waals surface area contributed by atoms with E-state index < -0.39 is 173 Å². The summed E-state index contributed by atoms with van der Waals surface area (Å²) in [6, 6.07) is -7.26. The summed E-state index contributed by atoms with van der Waals surface area (Å²) in [4.78, 5) is 189. The molecule has 0 bridgehead atoms. The van der Waals surface area contributed by atoms with Gasteiger partial charge < -0.3 is 60.0 Å². The summed E-state index contributed by atoms with van der Waals surface area (Å²) in [5.74, 6) is -8.55. The average molecular weight is 1440 g/mol. The number of hydrogen-bond donors (Lipinski definition) is 3. The van der Waals surface area contributed by atoms with Crippen molar-refractivity contribution in [2.75, 3.05) is 81.6 Å². The number of carbonyl (C=O) groups is 12. The van der Waals surface area contributed by atoms with Gasteiger partial charge in [0.15, 0.2) is 0 Å². The average Bonchev–Trinajstić information content (AvgIpc) is 1.13. The normalized spacial score (nSPS) is 26.9. The van der Waals surface area contributed by atoms with E-state index in [2.05, 4.69) is 16.0 Å². The van der Waals surface area contributed by atoms with E-state index in [1.54, 1.807) is 39.5 Å². The molecule has 5 fully saturated rings. The maximum atomic E-state index is 15.2. The van der Waals surface area contributed by atoms with E-state index >= 15 is 14.4 Å². The van der Waals surface area contributed by atoms with Crippen LogP contribution in [0.1, 0.15) is 189 Å². The van der Waals surface area contributed by atoms with E-state index in [4.69, 9.17) is 11.6 Å². The fraction of sp³-hybridized carbons (Fsp3) is 0.753. The third-order valence-corrected chi connectivity index (χ3v) is 21.8. The van der Waals surface area contributed by atoms with E-state index in [1.165, 1.54) is 87.6 Å². The Morgan fingerprint density at radius 1 is 0.594 bits per heavy atom. The van der Waals surface area contributed by atoms with Crippen LogP contribution in [0.3, 0.4) is 0 Å². The molecule has 1 aromatic carbocycles. The molecule has 0 aromatic heterocycles. The fourth-order valence-corrected chi connectivity index (χ4v) is 15.3. The summed E-state index contributed by atoms with van der Waals surface area (Å²) in [6.45, 7) is 15.0. The van der Waals surface area contributed by atoms with E-state index in [0.29, 0.717) is 50.8 Å². The predicted octanol–water partition coefficient (Wildman–Crippen LogP) is 6.52. The molecule has 1 aliphatic carbocycles. The van der Waals surface area contributed by atoms with Crippen LogP contribution in [0, 0.1) is 29.6 Å². The number of likely N-dealkylation sites (N-methyl/N-ethyl adjacent to an activating group) is 6. The topological polar surface area (TPSA) is 270 Å². The van der Waals surface area contributed by atoms with Gasteiger partial charge in [0.05, 0.1) is 23.6 Å². The van der Waals surface area contributed by atoms with Crippen LogP contribution in [-0.4, -0.2) is 251 Å². The number of hydrogen-bond acceptors (Lipinski definition) is 12. The molecule has 4 saturated heterocycles. The monoisotopic (exact) mass is 1440 g/mol. The van der Waals surface area contributed by atoms with Crippen molar-refractivity contribution in [1.82, 2.24) is 60.0 Å². The molecule has 12 amide bonds. The van der Waals surface area contributed by atoms with Gasteiger partial charge in [0, 0.05) is 81.4 Å². The van der Waals surface area contributed by atoms with Gasteiger partial charge in [-0.1, -0.05) is 112 Å². The van der Waals surface area contributed by atoms with Crippen LogP contribution < -0.4 is 16.0 Å². The number of amides is 12. The van der Waals surface area contributed by atoms with Gasteiger partial charge in [-0.2, -0.15) is 13.2 Å². The van der Waals surface area contributed by atoms with Crippen molar-refractivity contribution in [2.45, 2.75) is 244 Å². The summed E-state index contributed by atoms with van der Waals surface area (Å²) in [5, 5.41) is 8.06. The van der Waals surface area contributed by atoms with Gasteiger partial charge in [-0.3, -0.25) is 57.5 Å². The maximum Gasteiger partial charge on any atom is 0.417 e. The Balaban J connectivity index is 1.37. The third kappa shape index (κ3) is 21.3. The predicted molar refractivity (Wildman–Crippen MR) is 376 cm³/mol. The Hall–Kier alpha value is -7.06. The summed E-state index contributed by atoms with van der Waals surface area (Å²) in [6.07, 6.45) is 3.46. The number of fused-ring (bicyclic) bond motifs is 2. The molecule has 10 atom stereocenters. The molecular weight excluding hydrogens is 1330 g/mol. The highest BCUT2D eigenvalue weighted by Gasteiger charge is 2.49. The highest BCUT2D eigenvalue weighted by molar-refractivity contribution is 6.31. The van der Waals surface area contributed by atoms with Crippen LogP contribution in [0.5, 0.6) is 0 Å². The van der Waals surface area contributed by atoms with Gasteiger partial charge in [0.1, 0.15) is 54.4 Å². The zero-order chi connectivity index (χ0) is 75.1. The molecule has 24 nitrogen and oxygen atoms in total.